The van der Waals surface area contributed by atoms with E-state index in [0.717, 1.165) is 46.9 Å². The summed E-state index contributed by atoms with van der Waals surface area (Å²) in [7, 11) is 1.66. The van der Waals surface area contributed by atoms with Crippen LogP contribution in [-0.2, 0) is 9.59 Å². The minimum atomic E-state index is -0.250. The molecular formula is C24H27Cl2NO4S. The number of likely N-dealkylation sites (tertiary alicyclic amines) is 1. The summed E-state index contributed by atoms with van der Waals surface area (Å²) in [5, 5.41) is 8.00. The molecule has 2 aromatic carbocycles. The Morgan fingerprint density at radius 2 is 1.88 bits per heavy atom. The van der Waals surface area contributed by atoms with Gasteiger partial charge in [0.2, 0.25) is 5.91 Å². The van der Waals surface area contributed by atoms with Gasteiger partial charge >= 0.3 is 0 Å². The standard InChI is InChI=1S/C23H25Cl2NO2S.CH2O2/c1-14-7-5-6-12-26(14)23(27)17-13-16(17)15-10-11-20(22(25)21(15)24)29-19-9-4-3-8-18(19)28-2;2-1-3/h3-4,8-11,14,16-17H,5-7,12-13H2,1-2H3;1H,(H,2,3). The molecule has 172 valence electrons. The molecule has 1 aliphatic heterocycles. The van der Waals surface area contributed by atoms with Gasteiger partial charge in [-0.05, 0) is 62.3 Å². The third-order valence-corrected chi connectivity index (χ3v) is 8.08. The average Bonchev–Trinajstić information content (AvgIpc) is 3.58. The van der Waals surface area contributed by atoms with Crippen LogP contribution in [0, 0.1) is 5.92 Å². The first-order valence-corrected chi connectivity index (χ1v) is 12.2. The van der Waals surface area contributed by atoms with Gasteiger partial charge in [0, 0.05) is 23.4 Å². The number of carbonyl (C=O) groups is 2. The Morgan fingerprint density at radius 1 is 1.16 bits per heavy atom. The lowest BCUT2D eigenvalue weighted by Gasteiger charge is -2.33. The Morgan fingerprint density at radius 3 is 2.56 bits per heavy atom. The lowest BCUT2D eigenvalue weighted by atomic mass is 10.0. The SMILES string of the molecule is COc1ccccc1Sc1ccc(C2CC2C(=O)N2CCCCC2C)c(Cl)c1Cl.O=CO. The molecular weight excluding hydrogens is 469 g/mol. The van der Waals surface area contributed by atoms with Crippen molar-refractivity contribution >= 4 is 47.3 Å². The van der Waals surface area contributed by atoms with Gasteiger partial charge in [0.05, 0.1) is 22.1 Å². The molecule has 1 N–H and O–H groups in total. The number of methoxy groups -OCH3 is 1. The smallest absolute Gasteiger partial charge is 0.290 e. The molecule has 8 heteroatoms. The quantitative estimate of drug-likeness (QED) is 0.488. The number of carbonyl (C=O) groups excluding carboxylic acids is 1. The first-order valence-electron chi connectivity index (χ1n) is 10.6. The third kappa shape index (κ3) is 5.53. The highest BCUT2D eigenvalue weighted by atomic mass is 35.5. The van der Waals surface area contributed by atoms with E-state index >= 15 is 0 Å². The molecule has 1 saturated heterocycles. The predicted octanol–water partition coefficient (Wildman–Crippen LogP) is 6.36. The van der Waals surface area contributed by atoms with Crippen molar-refractivity contribution in [3.05, 3.63) is 52.0 Å². The van der Waals surface area contributed by atoms with Crippen LogP contribution < -0.4 is 4.74 Å². The topological polar surface area (TPSA) is 66.8 Å². The number of para-hydroxylation sites is 1. The van der Waals surface area contributed by atoms with E-state index in [9.17, 15) is 4.79 Å². The number of hydrogen-bond donors (Lipinski definition) is 1. The second kappa shape index (κ2) is 11.3. The zero-order valence-electron chi connectivity index (χ0n) is 18.1. The van der Waals surface area contributed by atoms with Gasteiger partial charge in [-0.25, -0.2) is 0 Å². The molecule has 0 spiro atoms. The highest BCUT2D eigenvalue weighted by Crippen LogP contribution is 2.53. The average molecular weight is 496 g/mol. The van der Waals surface area contributed by atoms with Gasteiger partial charge in [-0.15, -0.1) is 0 Å². The molecule has 2 aromatic rings. The number of halogens is 2. The van der Waals surface area contributed by atoms with E-state index in [-0.39, 0.29) is 24.2 Å². The molecule has 2 fully saturated rings. The van der Waals surface area contributed by atoms with Gasteiger partial charge in [0.25, 0.3) is 6.47 Å². The molecule has 0 bridgehead atoms. The fourth-order valence-corrected chi connectivity index (χ4v) is 5.80. The largest absolute Gasteiger partial charge is 0.496 e. The predicted molar refractivity (Wildman–Crippen MR) is 128 cm³/mol. The van der Waals surface area contributed by atoms with E-state index in [0.29, 0.717) is 16.1 Å². The number of ether oxygens (including phenoxy) is 1. The van der Waals surface area contributed by atoms with E-state index in [1.165, 1.54) is 18.2 Å². The van der Waals surface area contributed by atoms with Gasteiger partial charge in [0.15, 0.2) is 0 Å². The van der Waals surface area contributed by atoms with Crippen molar-refractivity contribution in [2.24, 2.45) is 5.92 Å². The minimum absolute atomic E-state index is 0.0387. The second-order valence-electron chi connectivity index (χ2n) is 7.96. The third-order valence-electron chi connectivity index (χ3n) is 5.96. The Hall–Kier alpha value is -1.89. The van der Waals surface area contributed by atoms with Crippen LogP contribution in [0.15, 0.2) is 46.2 Å². The zero-order chi connectivity index (χ0) is 23.3. The van der Waals surface area contributed by atoms with Crippen LogP contribution in [0.25, 0.3) is 0 Å². The summed E-state index contributed by atoms with van der Waals surface area (Å²) >= 11 is 14.8. The minimum Gasteiger partial charge on any atom is -0.496 e. The van der Waals surface area contributed by atoms with Crippen molar-refractivity contribution in [1.29, 1.82) is 0 Å². The normalized spacial score (nSPS) is 21.9. The molecule has 1 aliphatic carbocycles. The Kier molecular flexibility index (Phi) is 8.74. The fraction of sp³-hybridized carbons (Fsp3) is 0.417. The molecule has 1 heterocycles. The number of rotatable bonds is 5. The van der Waals surface area contributed by atoms with E-state index < -0.39 is 0 Å². The fourth-order valence-electron chi connectivity index (χ4n) is 4.18. The molecule has 2 aliphatic rings. The summed E-state index contributed by atoms with van der Waals surface area (Å²) in [5.41, 5.74) is 0.990. The van der Waals surface area contributed by atoms with Crippen LogP contribution in [-0.4, -0.2) is 42.1 Å². The van der Waals surface area contributed by atoms with Crippen LogP contribution in [0.1, 0.15) is 44.1 Å². The van der Waals surface area contributed by atoms with Crippen LogP contribution in [0.4, 0.5) is 0 Å². The molecule has 1 amide bonds. The highest BCUT2D eigenvalue weighted by Gasteiger charge is 2.47. The van der Waals surface area contributed by atoms with Crippen LogP contribution in [0.2, 0.25) is 10.0 Å². The maximum atomic E-state index is 13.0. The molecule has 1 saturated carbocycles. The lowest BCUT2D eigenvalue weighted by molar-refractivity contribution is -0.136. The molecule has 5 nitrogen and oxygen atoms in total. The van der Waals surface area contributed by atoms with Gasteiger partial charge in [-0.2, -0.15) is 0 Å². The van der Waals surface area contributed by atoms with Gasteiger partial charge in [-0.1, -0.05) is 53.2 Å². The number of carboxylic acid groups (broad SMARTS) is 1. The zero-order valence-corrected chi connectivity index (χ0v) is 20.4. The summed E-state index contributed by atoms with van der Waals surface area (Å²) in [6.07, 6.45) is 4.28. The first-order chi connectivity index (χ1) is 15.4. The monoisotopic (exact) mass is 495 g/mol. The second-order valence-corrected chi connectivity index (χ2v) is 9.80. The molecule has 4 rings (SSSR count). The van der Waals surface area contributed by atoms with Crippen LogP contribution in [0.5, 0.6) is 5.75 Å². The summed E-state index contributed by atoms with van der Waals surface area (Å²) < 4.78 is 5.43. The van der Waals surface area contributed by atoms with Crippen LogP contribution in [0.3, 0.4) is 0 Å². The summed E-state index contributed by atoms with van der Waals surface area (Å²) in [5.74, 6) is 1.29. The van der Waals surface area contributed by atoms with E-state index in [4.69, 9.17) is 37.8 Å². The van der Waals surface area contributed by atoms with E-state index in [1.54, 1.807) is 7.11 Å². The number of amides is 1. The van der Waals surface area contributed by atoms with Crippen molar-refractivity contribution in [3.8, 4) is 5.75 Å². The van der Waals surface area contributed by atoms with Crippen molar-refractivity contribution in [2.75, 3.05) is 13.7 Å². The Labute approximate surface area is 203 Å². The maximum Gasteiger partial charge on any atom is 0.290 e. The van der Waals surface area contributed by atoms with Crippen LogP contribution >= 0.6 is 35.0 Å². The van der Waals surface area contributed by atoms with Crippen molar-refractivity contribution in [2.45, 2.75) is 54.4 Å². The number of nitrogens with zero attached hydrogens (tertiary/aromatic N) is 1. The van der Waals surface area contributed by atoms with Crippen molar-refractivity contribution in [3.63, 3.8) is 0 Å². The highest BCUT2D eigenvalue weighted by molar-refractivity contribution is 7.99. The Balaban J connectivity index is 0.000000913. The molecule has 3 unspecified atom stereocenters. The molecule has 0 radical (unpaired) electrons. The Bertz CT molecular complexity index is 971. The van der Waals surface area contributed by atoms with Gasteiger partial charge in [0.1, 0.15) is 5.75 Å². The maximum absolute atomic E-state index is 13.0. The summed E-state index contributed by atoms with van der Waals surface area (Å²) in [4.78, 5) is 25.3. The molecule has 3 atom stereocenters. The van der Waals surface area contributed by atoms with E-state index in [1.807, 2.05) is 36.4 Å². The lowest BCUT2D eigenvalue weighted by Crippen LogP contribution is -2.43. The first kappa shape index (κ1) is 24.7. The van der Waals surface area contributed by atoms with Gasteiger partial charge < -0.3 is 14.7 Å². The summed E-state index contributed by atoms with van der Waals surface area (Å²) in [6.45, 7) is 2.79. The number of piperidine rings is 1. The van der Waals surface area contributed by atoms with E-state index in [2.05, 4.69) is 11.8 Å². The summed E-state index contributed by atoms with van der Waals surface area (Å²) in [6, 6.07) is 12.2. The number of hydrogen-bond acceptors (Lipinski definition) is 4. The van der Waals surface area contributed by atoms with Crippen molar-refractivity contribution < 1.29 is 19.4 Å². The number of benzene rings is 2. The molecule has 32 heavy (non-hydrogen) atoms. The molecule has 0 aromatic heterocycles. The van der Waals surface area contributed by atoms with Gasteiger partial charge in [-0.3, -0.25) is 9.59 Å². The van der Waals surface area contributed by atoms with Crippen molar-refractivity contribution in [1.82, 2.24) is 4.90 Å².